The molecule has 0 saturated heterocycles. The van der Waals surface area contributed by atoms with E-state index in [0.29, 0.717) is 19.1 Å². The molecule has 1 rings (SSSR count). The molecule has 0 spiro atoms. The number of nitrogens with zero attached hydrogens (tertiary/aromatic N) is 1. The number of ether oxygens (including phenoxy) is 1. The van der Waals surface area contributed by atoms with Gasteiger partial charge in [-0.1, -0.05) is 0 Å². The molecule has 0 aromatic carbocycles. The number of hydrogen-bond donors (Lipinski definition) is 1. The zero-order valence-corrected chi connectivity index (χ0v) is 9.91. The van der Waals surface area contributed by atoms with Gasteiger partial charge in [-0.25, -0.2) is 8.78 Å². The van der Waals surface area contributed by atoms with Crippen LogP contribution in [0.1, 0.15) is 25.7 Å². The van der Waals surface area contributed by atoms with Crippen molar-refractivity contribution in [2.75, 3.05) is 26.3 Å². The molecule has 1 saturated carbocycles. The first-order valence-corrected chi connectivity index (χ1v) is 6.00. The summed E-state index contributed by atoms with van der Waals surface area (Å²) in [7, 11) is 0. The first kappa shape index (κ1) is 14.3. The van der Waals surface area contributed by atoms with Crippen LogP contribution < -0.4 is 5.73 Å². The third-order valence-corrected chi connectivity index (χ3v) is 2.91. The summed E-state index contributed by atoms with van der Waals surface area (Å²) in [6.07, 6.45) is 0.856. The molecule has 0 aromatic heterocycles. The van der Waals surface area contributed by atoms with Gasteiger partial charge in [0.25, 0.3) is 6.43 Å². The van der Waals surface area contributed by atoms with Crippen molar-refractivity contribution in [3.63, 3.8) is 0 Å². The average Bonchev–Trinajstić information content (AvgIpc) is 2.20. The largest absolute Gasteiger partial charge is 0.375 e. The summed E-state index contributed by atoms with van der Waals surface area (Å²) >= 11 is 0. The standard InChI is InChI=1S/C11H20F2N2O2/c12-10(13)8-17-7-4-11(16)15(6-5-14)9-2-1-3-9/h9-10H,1-8,14H2. The number of rotatable bonds is 8. The molecule has 0 heterocycles. The quantitative estimate of drug-likeness (QED) is 0.654. The van der Waals surface area contributed by atoms with Crippen LogP contribution in [0.3, 0.4) is 0 Å². The van der Waals surface area contributed by atoms with Crippen LogP contribution in [0.4, 0.5) is 8.78 Å². The Morgan fingerprint density at radius 3 is 2.65 bits per heavy atom. The van der Waals surface area contributed by atoms with Crippen LogP contribution in [0.2, 0.25) is 0 Å². The van der Waals surface area contributed by atoms with Crippen LogP contribution >= 0.6 is 0 Å². The van der Waals surface area contributed by atoms with Gasteiger partial charge in [0.1, 0.15) is 6.61 Å². The second kappa shape index (κ2) is 7.55. The predicted octanol–water partition coefficient (Wildman–Crippen LogP) is 0.998. The normalized spacial score (nSPS) is 16.0. The first-order valence-electron chi connectivity index (χ1n) is 6.00. The minimum atomic E-state index is -2.48. The molecule has 1 amide bonds. The molecule has 2 N–H and O–H groups in total. The number of halogens is 2. The molecule has 0 atom stereocenters. The van der Waals surface area contributed by atoms with Gasteiger partial charge < -0.3 is 15.4 Å². The molecule has 0 aromatic rings. The van der Waals surface area contributed by atoms with E-state index in [2.05, 4.69) is 0 Å². The van der Waals surface area contributed by atoms with Gasteiger partial charge in [0.05, 0.1) is 13.0 Å². The fraction of sp³-hybridized carbons (Fsp3) is 0.909. The number of amides is 1. The SMILES string of the molecule is NCCN(C(=O)CCOCC(F)F)C1CCC1. The van der Waals surface area contributed by atoms with E-state index in [-0.39, 0.29) is 18.9 Å². The van der Waals surface area contributed by atoms with E-state index >= 15 is 0 Å². The van der Waals surface area contributed by atoms with E-state index < -0.39 is 13.0 Å². The minimum Gasteiger partial charge on any atom is -0.375 e. The molecule has 0 radical (unpaired) electrons. The van der Waals surface area contributed by atoms with Crippen molar-refractivity contribution in [2.45, 2.75) is 38.2 Å². The average molecular weight is 250 g/mol. The van der Waals surface area contributed by atoms with Crippen molar-refractivity contribution in [3.05, 3.63) is 0 Å². The van der Waals surface area contributed by atoms with Gasteiger partial charge in [0, 0.05) is 19.1 Å². The lowest BCUT2D eigenvalue weighted by Crippen LogP contribution is -2.46. The van der Waals surface area contributed by atoms with E-state index in [9.17, 15) is 13.6 Å². The smallest absolute Gasteiger partial charge is 0.261 e. The lowest BCUT2D eigenvalue weighted by atomic mass is 9.91. The van der Waals surface area contributed by atoms with Crippen molar-refractivity contribution in [2.24, 2.45) is 5.73 Å². The maximum atomic E-state index is 11.8. The lowest BCUT2D eigenvalue weighted by Gasteiger charge is -2.37. The highest BCUT2D eigenvalue weighted by molar-refractivity contribution is 5.76. The fourth-order valence-electron chi connectivity index (χ4n) is 1.82. The first-order chi connectivity index (χ1) is 8.15. The molecule has 6 heteroatoms. The molecular weight excluding hydrogens is 230 g/mol. The maximum absolute atomic E-state index is 11.8. The number of alkyl halides is 2. The van der Waals surface area contributed by atoms with Crippen LogP contribution in [0.25, 0.3) is 0 Å². The lowest BCUT2D eigenvalue weighted by molar-refractivity contribution is -0.136. The number of nitrogens with two attached hydrogens (primary N) is 1. The summed E-state index contributed by atoms with van der Waals surface area (Å²) in [5, 5.41) is 0. The summed E-state index contributed by atoms with van der Waals surface area (Å²) in [6, 6.07) is 0.293. The Kier molecular flexibility index (Phi) is 6.36. The minimum absolute atomic E-state index is 0.0468. The number of hydrogen-bond acceptors (Lipinski definition) is 3. The molecule has 0 aliphatic heterocycles. The van der Waals surface area contributed by atoms with E-state index in [0.717, 1.165) is 19.3 Å². The van der Waals surface area contributed by atoms with Gasteiger partial charge >= 0.3 is 0 Å². The van der Waals surface area contributed by atoms with E-state index in [1.165, 1.54) is 0 Å². The highest BCUT2D eigenvalue weighted by Crippen LogP contribution is 2.24. The maximum Gasteiger partial charge on any atom is 0.261 e. The Balaban J connectivity index is 2.22. The van der Waals surface area contributed by atoms with Crippen molar-refractivity contribution in [3.8, 4) is 0 Å². The van der Waals surface area contributed by atoms with E-state index in [4.69, 9.17) is 10.5 Å². The number of carbonyl (C=O) groups is 1. The third kappa shape index (κ3) is 4.95. The zero-order chi connectivity index (χ0) is 12.7. The van der Waals surface area contributed by atoms with E-state index in [1.807, 2.05) is 0 Å². The van der Waals surface area contributed by atoms with Gasteiger partial charge in [-0.2, -0.15) is 0 Å². The molecule has 100 valence electrons. The molecule has 0 bridgehead atoms. The van der Waals surface area contributed by atoms with Gasteiger partial charge in [-0.15, -0.1) is 0 Å². The molecule has 1 fully saturated rings. The Bertz CT molecular complexity index is 236. The van der Waals surface area contributed by atoms with Crippen LogP contribution in [0.15, 0.2) is 0 Å². The number of carbonyl (C=O) groups excluding carboxylic acids is 1. The van der Waals surface area contributed by atoms with Gasteiger partial charge in [0.2, 0.25) is 5.91 Å². The van der Waals surface area contributed by atoms with Crippen molar-refractivity contribution in [1.82, 2.24) is 4.90 Å². The van der Waals surface area contributed by atoms with Crippen LogP contribution in [0.5, 0.6) is 0 Å². The van der Waals surface area contributed by atoms with Crippen molar-refractivity contribution < 1.29 is 18.3 Å². The summed E-state index contributed by atoms with van der Waals surface area (Å²) in [5.74, 6) is -0.0468. The zero-order valence-electron chi connectivity index (χ0n) is 9.91. The predicted molar refractivity (Wildman–Crippen MR) is 59.8 cm³/mol. The fourth-order valence-corrected chi connectivity index (χ4v) is 1.82. The summed E-state index contributed by atoms with van der Waals surface area (Å²) in [5.41, 5.74) is 5.45. The van der Waals surface area contributed by atoms with Gasteiger partial charge in [0.15, 0.2) is 0 Å². The second-order valence-corrected chi connectivity index (χ2v) is 4.18. The van der Waals surface area contributed by atoms with Crippen LogP contribution in [-0.4, -0.2) is 49.6 Å². The van der Waals surface area contributed by atoms with Gasteiger partial charge in [-0.05, 0) is 19.3 Å². The third-order valence-electron chi connectivity index (χ3n) is 2.91. The Labute approximate surface area is 100 Å². The van der Waals surface area contributed by atoms with Crippen molar-refractivity contribution in [1.29, 1.82) is 0 Å². The van der Waals surface area contributed by atoms with Crippen LogP contribution in [0, 0.1) is 0 Å². The van der Waals surface area contributed by atoms with Crippen LogP contribution in [-0.2, 0) is 9.53 Å². The molecule has 17 heavy (non-hydrogen) atoms. The summed E-state index contributed by atoms with van der Waals surface area (Å²) in [6.45, 7) is 0.420. The second-order valence-electron chi connectivity index (χ2n) is 4.18. The summed E-state index contributed by atoms with van der Waals surface area (Å²) < 4.78 is 28.3. The Morgan fingerprint density at radius 2 is 2.18 bits per heavy atom. The molecule has 0 unspecified atom stereocenters. The Hall–Kier alpha value is -0.750. The topological polar surface area (TPSA) is 55.6 Å². The molecule has 1 aliphatic rings. The highest BCUT2D eigenvalue weighted by Gasteiger charge is 2.27. The van der Waals surface area contributed by atoms with Crippen molar-refractivity contribution >= 4 is 5.91 Å². The van der Waals surface area contributed by atoms with E-state index in [1.54, 1.807) is 4.90 Å². The Morgan fingerprint density at radius 1 is 1.47 bits per heavy atom. The summed E-state index contributed by atoms with van der Waals surface area (Å²) in [4.78, 5) is 13.6. The molecule has 1 aliphatic carbocycles. The molecule has 4 nitrogen and oxygen atoms in total. The van der Waals surface area contributed by atoms with Gasteiger partial charge in [-0.3, -0.25) is 4.79 Å². The monoisotopic (exact) mass is 250 g/mol. The molecular formula is C11H20F2N2O2. The highest BCUT2D eigenvalue weighted by atomic mass is 19.3.